The molecule has 5 nitrogen and oxygen atoms in total. The van der Waals surface area contributed by atoms with Gasteiger partial charge in [-0.25, -0.2) is 0 Å². The molecule has 0 radical (unpaired) electrons. The minimum atomic E-state index is -0.891. The summed E-state index contributed by atoms with van der Waals surface area (Å²) >= 11 is 0. The molecule has 130 valence electrons. The van der Waals surface area contributed by atoms with Crippen LogP contribution >= 0.6 is 0 Å². The van der Waals surface area contributed by atoms with E-state index < -0.39 is 6.10 Å². The molecule has 5 heteroatoms. The van der Waals surface area contributed by atoms with Gasteiger partial charge < -0.3 is 15.2 Å². The number of hydrogen-bond acceptors (Lipinski definition) is 4. The number of hydrogen-bond donors (Lipinski definition) is 2. The van der Waals surface area contributed by atoms with Crippen LogP contribution in [0.1, 0.15) is 37.0 Å². The second kappa shape index (κ2) is 9.45. The highest BCUT2D eigenvalue weighted by Gasteiger charge is 2.14. The van der Waals surface area contributed by atoms with E-state index in [1.54, 1.807) is 31.2 Å². The maximum absolute atomic E-state index is 11.8. The minimum Gasteiger partial charge on any atom is -0.489 e. The summed E-state index contributed by atoms with van der Waals surface area (Å²) in [5.41, 5.74) is 1.73. The van der Waals surface area contributed by atoms with E-state index in [-0.39, 0.29) is 24.8 Å². The summed E-state index contributed by atoms with van der Waals surface area (Å²) in [6.07, 6.45) is -0.688. The lowest BCUT2D eigenvalue weighted by atomic mass is 10.1. The third-order valence-electron chi connectivity index (χ3n) is 3.70. The van der Waals surface area contributed by atoms with Crippen LogP contribution in [0.15, 0.2) is 54.6 Å². The molecule has 2 aromatic carbocycles. The van der Waals surface area contributed by atoms with E-state index in [1.165, 1.54) is 0 Å². The molecule has 0 saturated carbocycles. The standard InChI is InChI=1S/C20H22N2O3/c1-15(11-12-21)22-20(24)13-19(23)17-7-9-18(10-8-17)25-14-16-5-3-2-4-6-16/h2-10,15,19,23H,11,13-14H2,1H3,(H,22,24). The summed E-state index contributed by atoms with van der Waals surface area (Å²) in [4.78, 5) is 11.8. The lowest BCUT2D eigenvalue weighted by Crippen LogP contribution is -2.33. The van der Waals surface area contributed by atoms with Gasteiger partial charge in [0.15, 0.2) is 0 Å². The van der Waals surface area contributed by atoms with Crippen LogP contribution in [0.3, 0.4) is 0 Å². The van der Waals surface area contributed by atoms with Crippen molar-refractivity contribution in [3.63, 3.8) is 0 Å². The highest BCUT2D eigenvalue weighted by atomic mass is 16.5. The largest absolute Gasteiger partial charge is 0.489 e. The minimum absolute atomic E-state index is 0.0417. The Morgan fingerprint density at radius 3 is 2.52 bits per heavy atom. The fourth-order valence-electron chi connectivity index (χ4n) is 2.34. The molecule has 0 fully saturated rings. The first kappa shape index (κ1) is 18.5. The predicted molar refractivity (Wildman–Crippen MR) is 94.6 cm³/mol. The van der Waals surface area contributed by atoms with Crippen molar-refractivity contribution in [2.75, 3.05) is 0 Å². The second-order valence-corrected chi connectivity index (χ2v) is 5.89. The number of aliphatic hydroxyl groups is 1. The van der Waals surface area contributed by atoms with Crippen molar-refractivity contribution in [2.24, 2.45) is 0 Å². The number of ether oxygens (including phenoxy) is 1. The van der Waals surface area contributed by atoms with E-state index in [1.807, 2.05) is 36.4 Å². The molecule has 0 aliphatic carbocycles. The normalized spacial score (nSPS) is 12.7. The summed E-state index contributed by atoms with van der Waals surface area (Å²) in [6.45, 7) is 2.23. The summed E-state index contributed by atoms with van der Waals surface area (Å²) in [6, 6.07) is 18.7. The van der Waals surface area contributed by atoms with Gasteiger partial charge in [0.05, 0.1) is 25.0 Å². The van der Waals surface area contributed by atoms with Crippen LogP contribution < -0.4 is 10.1 Å². The van der Waals surface area contributed by atoms with Crippen LogP contribution in [0.4, 0.5) is 0 Å². The van der Waals surface area contributed by atoms with Crippen molar-refractivity contribution in [3.8, 4) is 11.8 Å². The predicted octanol–water partition coefficient (Wildman–Crippen LogP) is 3.11. The average Bonchev–Trinajstić information content (AvgIpc) is 2.61. The summed E-state index contributed by atoms with van der Waals surface area (Å²) in [5.74, 6) is 0.423. The van der Waals surface area contributed by atoms with Gasteiger partial charge in [0, 0.05) is 6.04 Å². The third kappa shape index (κ3) is 6.28. The number of nitrogens with one attached hydrogen (secondary N) is 1. The quantitative estimate of drug-likeness (QED) is 0.775. The molecule has 0 saturated heterocycles. The Labute approximate surface area is 147 Å². The van der Waals surface area contributed by atoms with Crippen LogP contribution in [-0.2, 0) is 11.4 Å². The zero-order valence-corrected chi connectivity index (χ0v) is 14.2. The molecule has 0 spiro atoms. The Kier molecular flexibility index (Phi) is 7.00. The smallest absolute Gasteiger partial charge is 0.223 e. The molecule has 0 aliphatic rings. The molecule has 0 heterocycles. The molecule has 1 amide bonds. The zero-order valence-electron chi connectivity index (χ0n) is 14.2. The van der Waals surface area contributed by atoms with Crippen molar-refractivity contribution < 1.29 is 14.6 Å². The van der Waals surface area contributed by atoms with Crippen molar-refractivity contribution in [3.05, 3.63) is 65.7 Å². The highest BCUT2D eigenvalue weighted by Crippen LogP contribution is 2.21. The molecule has 0 aliphatic heterocycles. The molecule has 2 N–H and O–H groups in total. The fourth-order valence-corrected chi connectivity index (χ4v) is 2.34. The van der Waals surface area contributed by atoms with Crippen LogP contribution in [0.2, 0.25) is 0 Å². The number of aliphatic hydroxyl groups excluding tert-OH is 1. The number of carbonyl (C=O) groups is 1. The van der Waals surface area contributed by atoms with Crippen molar-refractivity contribution >= 4 is 5.91 Å². The van der Waals surface area contributed by atoms with E-state index in [2.05, 4.69) is 5.32 Å². The second-order valence-electron chi connectivity index (χ2n) is 5.89. The number of amides is 1. The van der Waals surface area contributed by atoms with E-state index in [0.29, 0.717) is 17.9 Å². The van der Waals surface area contributed by atoms with E-state index in [4.69, 9.17) is 10.00 Å². The maximum Gasteiger partial charge on any atom is 0.223 e. The molecule has 2 rings (SSSR count). The Balaban J connectivity index is 1.84. The molecule has 25 heavy (non-hydrogen) atoms. The van der Waals surface area contributed by atoms with Gasteiger partial charge in [-0.05, 0) is 30.2 Å². The molecule has 0 aromatic heterocycles. The lowest BCUT2D eigenvalue weighted by molar-refractivity contribution is -0.123. The van der Waals surface area contributed by atoms with Gasteiger partial charge in [-0.3, -0.25) is 4.79 Å². The first-order valence-electron chi connectivity index (χ1n) is 8.19. The molecule has 2 aromatic rings. The van der Waals surface area contributed by atoms with Crippen LogP contribution in [-0.4, -0.2) is 17.1 Å². The molecule has 0 bridgehead atoms. The van der Waals surface area contributed by atoms with Crippen molar-refractivity contribution in [1.29, 1.82) is 5.26 Å². The van der Waals surface area contributed by atoms with Gasteiger partial charge in [0.2, 0.25) is 5.91 Å². The Morgan fingerprint density at radius 2 is 1.88 bits per heavy atom. The monoisotopic (exact) mass is 338 g/mol. The molecular weight excluding hydrogens is 316 g/mol. The maximum atomic E-state index is 11.8. The summed E-state index contributed by atoms with van der Waals surface area (Å²) in [5, 5.41) is 21.4. The van der Waals surface area contributed by atoms with E-state index in [0.717, 1.165) is 5.56 Å². The average molecular weight is 338 g/mol. The number of nitriles is 1. The van der Waals surface area contributed by atoms with Gasteiger partial charge in [0.25, 0.3) is 0 Å². The number of nitrogens with zero attached hydrogens (tertiary/aromatic N) is 1. The van der Waals surface area contributed by atoms with Gasteiger partial charge >= 0.3 is 0 Å². The van der Waals surface area contributed by atoms with Crippen LogP contribution in [0.5, 0.6) is 5.75 Å². The fraction of sp³-hybridized carbons (Fsp3) is 0.300. The van der Waals surface area contributed by atoms with Crippen molar-refractivity contribution in [1.82, 2.24) is 5.32 Å². The Bertz CT molecular complexity index is 708. The van der Waals surface area contributed by atoms with E-state index in [9.17, 15) is 9.90 Å². The van der Waals surface area contributed by atoms with Gasteiger partial charge in [-0.15, -0.1) is 0 Å². The number of benzene rings is 2. The molecule has 2 atom stereocenters. The zero-order chi connectivity index (χ0) is 18.1. The van der Waals surface area contributed by atoms with Crippen molar-refractivity contribution in [2.45, 2.75) is 38.5 Å². The third-order valence-corrected chi connectivity index (χ3v) is 3.70. The van der Waals surface area contributed by atoms with Gasteiger partial charge in [-0.1, -0.05) is 42.5 Å². The summed E-state index contributed by atoms with van der Waals surface area (Å²) in [7, 11) is 0. The Morgan fingerprint density at radius 1 is 1.20 bits per heavy atom. The first-order chi connectivity index (χ1) is 12.1. The first-order valence-corrected chi connectivity index (χ1v) is 8.19. The summed E-state index contributed by atoms with van der Waals surface area (Å²) < 4.78 is 5.70. The van der Waals surface area contributed by atoms with E-state index >= 15 is 0 Å². The highest BCUT2D eigenvalue weighted by molar-refractivity contribution is 5.77. The van der Waals surface area contributed by atoms with Crippen LogP contribution in [0.25, 0.3) is 0 Å². The Hall–Kier alpha value is -2.84. The number of rotatable bonds is 8. The van der Waals surface area contributed by atoms with Crippen LogP contribution in [0, 0.1) is 11.3 Å². The SMILES string of the molecule is CC(CC#N)NC(=O)CC(O)c1ccc(OCc2ccccc2)cc1. The topological polar surface area (TPSA) is 82.4 Å². The van der Waals surface area contributed by atoms with Gasteiger partial charge in [-0.2, -0.15) is 5.26 Å². The number of carbonyl (C=O) groups excluding carboxylic acids is 1. The molecule has 2 unspecified atom stereocenters. The lowest BCUT2D eigenvalue weighted by Gasteiger charge is -2.14. The molecular formula is C20H22N2O3. The van der Waals surface area contributed by atoms with Gasteiger partial charge in [0.1, 0.15) is 12.4 Å².